The minimum atomic E-state index is -0.473. The minimum absolute atomic E-state index is 0.0252. The van der Waals surface area contributed by atoms with Gasteiger partial charge in [-0.2, -0.15) is 0 Å². The first-order chi connectivity index (χ1) is 8.58. The Morgan fingerprint density at radius 2 is 1.89 bits per heavy atom. The Hall–Kier alpha value is -1.88. The lowest BCUT2D eigenvalue weighted by molar-refractivity contribution is -0.385. The van der Waals surface area contributed by atoms with Crippen LogP contribution in [0.4, 0.5) is 5.69 Å². The topological polar surface area (TPSA) is 63.4 Å². The number of nitro benzene ring substituents is 1. The Morgan fingerprint density at radius 1 is 1.22 bits per heavy atom. The van der Waals surface area contributed by atoms with Crippen molar-refractivity contribution in [2.45, 2.75) is 0 Å². The molecule has 0 aliphatic rings. The lowest BCUT2D eigenvalue weighted by Crippen LogP contribution is -1.95. The second-order valence-electron chi connectivity index (χ2n) is 3.67. The SMILES string of the molecule is O=[N+]([O-])c1cc(Br)c(O)cc1[CH]c1ccccc1. The summed E-state index contributed by atoms with van der Waals surface area (Å²) in [6.07, 6.45) is 1.66. The van der Waals surface area contributed by atoms with Gasteiger partial charge in [-0.15, -0.1) is 0 Å². The van der Waals surface area contributed by atoms with Crippen molar-refractivity contribution in [1.82, 2.24) is 0 Å². The number of phenols is 1. The maximum Gasteiger partial charge on any atom is 0.274 e. The third-order valence-electron chi connectivity index (χ3n) is 2.41. The summed E-state index contributed by atoms with van der Waals surface area (Å²) in [6, 6.07) is 11.9. The fourth-order valence-corrected chi connectivity index (χ4v) is 1.90. The van der Waals surface area contributed by atoms with Crippen molar-refractivity contribution in [2.24, 2.45) is 0 Å². The van der Waals surface area contributed by atoms with E-state index in [1.165, 1.54) is 12.1 Å². The number of benzene rings is 2. The molecular formula is C13H9BrNO3. The minimum Gasteiger partial charge on any atom is -0.507 e. The lowest BCUT2D eigenvalue weighted by Gasteiger charge is -2.05. The maximum atomic E-state index is 11.0. The highest BCUT2D eigenvalue weighted by atomic mass is 79.9. The summed E-state index contributed by atoms with van der Waals surface area (Å²) < 4.78 is 0.305. The van der Waals surface area contributed by atoms with E-state index in [0.29, 0.717) is 10.0 Å². The fraction of sp³-hybridized carbons (Fsp3) is 0. The largest absolute Gasteiger partial charge is 0.507 e. The van der Waals surface area contributed by atoms with Crippen LogP contribution in [0.2, 0.25) is 0 Å². The monoisotopic (exact) mass is 306 g/mol. The van der Waals surface area contributed by atoms with E-state index < -0.39 is 4.92 Å². The Balaban J connectivity index is 2.43. The molecule has 0 aliphatic heterocycles. The van der Waals surface area contributed by atoms with Gasteiger partial charge in [-0.3, -0.25) is 10.1 Å². The molecule has 0 heterocycles. The Bertz CT molecular complexity index is 584. The molecule has 18 heavy (non-hydrogen) atoms. The first kappa shape index (κ1) is 12.6. The summed E-state index contributed by atoms with van der Waals surface area (Å²) in [5.41, 5.74) is 1.15. The fourth-order valence-electron chi connectivity index (χ4n) is 1.57. The average molecular weight is 307 g/mol. The van der Waals surface area contributed by atoms with E-state index in [4.69, 9.17) is 0 Å². The van der Waals surface area contributed by atoms with E-state index in [9.17, 15) is 15.2 Å². The Kier molecular flexibility index (Phi) is 3.62. The molecular weight excluding hydrogens is 298 g/mol. The summed E-state index contributed by atoms with van der Waals surface area (Å²) in [5, 5.41) is 20.6. The number of aromatic hydroxyl groups is 1. The molecule has 0 fully saturated rings. The number of nitro groups is 1. The molecule has 0 unspecified atom stereocenters. The molecule has 0 atom stereocenters. The van der Waals surface area contributed by atoms with Gasteiger partial charge in [0.2, 0.25) is 0 Å². The quantitative estimate of drug-likeness (QED) is 0.695. The van der Waals surface area contributed by atoms with Gasteiger partial charge in [0, 0.05) is 18.1 Å². The standard InChI is InChI=1S/C13H9BrNO3/c14-11-8-12(15(17)18)10(7-13(11)16)6-9-4-2-1-3-5-9/h1-8,16H. The third kappa shape index (κ3) is 2.68. The zero-order valence-electron chi connectivity index (χ0n) is 9.21. The number of hydrogen-bond acceptors (Lipinski definition) is 3. The predicted octanol–water partition coefficient (Wildman–Crippen LogP) is 3.66. The van der Waals surface area contributed by atoms with Crippen LogP contribution in [0.1, 0.15) is 11.1 Å². The van der Waals surface area contributed by atoms with Crippen LogP contribution in [0, 0.1) is 16.5 Å². The zero-order valence-corrected chi connectivity index (χ0v) is 10.8. The molecule has 4 nitrogen and oxygen atoms in total. The van der Waals surface area contributed by atoms with Gasteiger partial charge in [-0.25, -0.2) is 0 Å². The molecule has 2 aromatic carbocycles. The van der Waals surface area contributed by atoms with Gasteiger partial charge in [0.1, 0.15) is 5.75 Å². The van der Waals surface area contributed by atoms with Gasteiger partial charge in [0.25, 0.3) is 5.69 Å². The number of phenolic OH excluding ortho intramolecular Hbond substituents is 1. The molecule has 0 saturated heterocycles. The molecule has 0 aromatic heterocycles. The van der Waals surface area contributed by atoms with Gasteiger partial charge < -0.3 is 5.11 Å². The number of nitrogens with zero attached hydrogens (tertiary/aromatic N) is 1. The highest BCUT2D eigenvalue weighted by molar-refractivity contribution is 9.10. The van der Waals surface area contributed by atoms with Crippen LogP contribution in [0.15, 0.2) is 46.9 Å². The van der Waals surface area contributed by atoms with E-state index in [1.807, 2.05) is 30.3 Å². The Morgan fingerprint density at radius 3 is 2.50 bits per heavy atom. The van der Waals surface area contributed by atoms with Gasteiger partial charge >= 0.3 is 0 Å². The number of rotatable bonds is 3. The van der Waals surface area contributed by atoms with E-state index >= 15 is 0 Å². The summed E-state index contributed by atoms with van der Waals surface area (Å²) in [4.78, 5) is 10.5. The highest BCUT2D eigenvalue weighted by Gasteiger charge is 2.17. The van der Waals surface area contributed by atoms with Gasteiger partial charge in [0.05, 0.1) is 9.40 Å². The van der Waals surface area contributed by atoms with Crippen LogP contribution in [0.25, 0.3) is 0 Å². The van der Waals surface area contributed by atoms with Crippen LogP contribution in [-0.2, 0) is 0 Å². The van der Waals surface area contributed by atoms with Crippen LogP contribution in [0.5, 0.6) is 5.75 Å². The Labute approximate surface area is 112 Å². The normalized spacial score (nSPS) is 10.3. The molecule has 0 saturated carbocycles. The smallest absolute Gasteiger partial charge is 0.274 e. The van der Waals surface area contributed by atoms with Gasteiger partial charge in [-0.1, -0.05) is 30.3 Å². The van der Waals surface area contributed by atoms with Crippen molar-refractivity contribution in [1.29, 1.82) is 0 Å². The molecule has 0 spiro atoms. The van der Waals surface area contributed by atoms with Crippen molar-refractivity contribution < 1.29 is 10.0 Å². The summed E-state index contributed by atoms with van der Waals surface area (Å²) in [5.74, 6) is -0.0252. The van der Waals surface area contributed by atoms with Crippen molar-refractivity contribution in [3.05, 3.63) is 74.6 Å². The second kappa shape index (κ2) is 5.18. The zero-order chi connectivity index (χ0) is 13.1. The maximum absolute atomic E-state index is 11.0. The van der Waals surface area contributed by atoms with E-state index in [-0.39, 0.29) is 11.4 Å². The van der Waals surface area contributed by atoms with Crippen molar-refractivity contribution in [3.63, 3.8) is 0 Å². The first-order valence-corrected chi connectivity index (χ1v) is 5.94. The number of halogens is 1. The average Bonchev–Trinajstić information content (AvgIpc) is 2.34. The molecule has 1 N–H and O–H groups in total. The van der Waals surface area contributed by atoms with Crippen molar-refractivity contribution >= 4 is 21.6 Å². The molecule has 2 rings (SSSR count). The molecule has 0 bridgehead atoms. The molecule has 0 amide bonds. The number of hydrogen-bond donors (Lipinski definition) is 1. The second-order valence-corrected chi connectivity index (χ2v) is 4.53. The van der Waals surface area contributed by atoms with Crippen LogP contribution in [0.3, 0.4) is 0 Å². The summed E-state index contributed by atoms with van der Waals surface area (Å²) in [6.45, 7) is 0. The predicted molar refractivity (Wildman–Crippen MR) is 71.4 cm³/mol. The lowest BCUT2D eigenvalue weighted by atomic mass is 10.0. The van der Waals surface area contributed by atoms with E-state index in [0.717, 1.165) is 5.56 Å². The summed E-state index contributed by atoms with van der Waals surface area (Å²) >= 11 is 3.07. The summed E-state index contributed by atoms with van der Waals surface area (Å²) in [7, 11) is 0. The molecule has 0 aliphatic carbocycles. The van der Waals surface area contributed by atoms with Crippen LogP contribution in [-0.4, -0.2) is 10.0 Å². The molecule has 5 heteroatoms. The molecule has 1 radical (unpaired) electrons. The van der Waals surface area contributed by atoms with E-state index in [2.05, 4.69) is 15.9 Å². The third-order valence-corrected chi connectivity index (χ3v) is 3.05. The van der Waals surface area contributed by atoms with Crippen LogP contribution < -0.4 is 0 Å². The highest BCUT2D eigenvalue weighted by Crippen LogP contribution is 2.33. The molecule has 91 valence electrons. The van der Waals surface area contributed by atoms with Gasteiger partial charge in [0.15, 0.2) is 0 Å². The first-order valence-electron chi connectivity index (χ1n) is 5.14. The van der Waals surface area contributed by atoms with Gasteiger partial charge in [-0.05, 0) is 27.6 Å². The van der Waals surface area contributed by atoms with Crippen molar-refractivity contribution in [3.8, 4) is 5.75 Å². The van der Waals surface area contributed by atoms with Crippen molar-refractivity contribution in [2.75, 3.05) is 0 Å². The van der Waals surface area contributed by atoms with Crippen LogP contribution >= 0.6 is 15.9 Å². The molecule has 2 aromatic rings. The van der Waals surface area contributed by atoms with E-state index in [1.54, 1.807) is 6.42 Å².